The van der Waals surface area contributed by atoms with Gasteiger partial charge in [-0.1, -0.05) is 31.5 Å². The van der Waals surface area contributed by atoms with Crippen LogP contribution in [0.1, 0.15) is 49.5 Å². The number of nitrogens with zero attached hydrogens (tertiary/aromatic N) is 2. The average Bonchev–Trinajstić information content (AvgIpc) is 2.76. The third kappa shape index (κ3) is 6.33. The van der Waals surface area contributed by atoms with Gasteiger partial charge in [0.25, 0.3) is 15.9 Å². The van der Waals surface area contributed by atoms with E-state index < -0.39 is 10.0 Å². The topological polar surface area (TPSA) is 90.3 Å². The monoisotopic (exact) mass is 427 g/mol. The molecule has 1 unspecified atom stereocenters. The van der Waals surface area contributed by atoms with E-state index in [2.05, 4.69) is 17.7 Å². The lowest BCUT2D eigenvalue weighted by atomic mass is 10.1. The van der Waals surface area contributed by atoms with Crippen molar-refractivity contribution in [2.45, 2.75) is 44.9 Å². The quantitative estimate of drug-likeness (QED) is 0.606. The highest BCUT2D eigenvalue weighted by Crippen LogP contribution is 2.19. The number of rotatable bonds is 10. The molecule has 0 saturated carbocycles. The number of nitriles is 1. The Labute approximate surface area is 179 Å². The van der Waals surface area contributed by atoms with Crippen LogP contribution in [-0.4, -0.2) is 32.3 Å². The molecule has 0 aliphatic heterocycles. The summed E-state index contributed by atoms with van der Waals surface area (Å²) < 4.78 is 28.2. The molecule has 2 rings (SSSR count). The molecule has 0 spiro atoms. The Hall–Kier alpha value is -2.85. The molecule has 0 saturated heterocycles. The molecule has 6 nitrogen and oxygen atoms in total. The van der Waals surface area contributed by atoms with Crippen LogP contribution in [0.15, 0.2) is 53.4 Å². The van der Waals surface area contributed by atoms with Gasteiger partial charge < -0.3 is 4.90 Å². The van der Waals surface area contributed by atoms with Gasteiger partial charge in [0.1, 0.15) is 0 Å². The summed E-state index contributed by atoms with van der Waals surface area (Å²) >= 11 is 0. The third-order valence-corrected chi connectivity index (χ3v) is 6.18. The molecule has 1 N–H and O–H groups in total. The van der Waals surface area contributed by atoms with Crippen LogP contribution in [0.25, 0.3) is 0 Å². The summed E-state index contributed by atoms with van der Waals surface area (Å²) in [6.45, 7) is 6.43. The maximum absolute atomic E-state index is 12.8. The van der Waals surface area contributed by atoms with Gasteiger partial charge in [-0.2, -0.15) is 5.26 Å². The molecule has 30 heavy (non-hydrogen) atoms. The first-order valence-corrected chi connectivity index (χ1v) is 11.7. The minimum Gasteiger partial charge on any atom is -0.338 e. The predicted octanol–water partition coefficient (Wildman–Crippen LogP) is 4.45. The standard InChI is InChI=1S/C23H29N3O3S/c1-4-6-8-19-11-13-21(14-12-19)25-30(28,29)22-10-7-9-20(15-22)23(27)26(5-2)17-18(3)16-24/h7,9-15,18,25H,4-6,8,17H2,1-3H3. The minimum atomic E-state index is -3.83. The van der Waals surface area contributed by atoms with Crippen LogP contribution in [0, 0.1) is 17.2 Å². The van der Waals surface area contributed by atoms with Crippen molar-refractivity contribution < 1.29 is 13.2 Å². The molecule has 0 aliphatic rings. The van der Waals surface area contributed by atoms with Crippen molar-refractivity contribution in [1.29, 1.82) is 5.26 Å². The number of nitrogens with one attached hydrogen (secondary N) is 1. The fourth-order valence-electron chi connectivity index (χ4n) is 3.04. The summed E-state index contributed by atoms with van der Waals surface area (Å²) in [6, 6.07) is 15.4. The number of hydrogen-bond acceptors (Lipinski definition) is 4. The van der Waals surface area contributed by atoms with Crippen molar-refractivity contribution in [3.8, 4) is 6.07 Å². The van der Waals surface area contributed by atoms with Gasteiger partial charge in [-0.15, -0.1) is 0 Å². The molecule has 7 heteroatoms. The van der Waals surface area contributed by atoms with Gasteiger partial charge >= 0.3 is 0 Å². The Morgan fingerprint density at radius 3 is 2.47 bits per heavy atom. The number of unbranched alkanes of at least 4 members (excludes halogenated alkanes) is 1. The van der Waals surface area contributed by atoms with E-state index in [9.17, 15) is 13.2 Å². The van der Waals surface area contributed by atoms with Gasteiger partial charge in [0, 0.05) is 24.3 Å². The summed E-state index contributed by atoms with van der Waals surface area (Å²) in [5, 5.41) is 9.01. The summed E-state index contributed by atoms with van der Waals surface area (Å²) in [5.74, 6) is -0.597. The smallest absolute Gasteiger partial charge is 0.261 e. The van der Waals surface area contributed by atoms with Crippen LogP contribution in [0.3, 0.4) is 0 Å². The number of sulfonamides is 1. The van der Waals surface area contributed by atoms with Crippen LogP contribution in [0.4, 0.5) is 5.69 Å². The second-order valence-corrected chi connectivity index (χ2v) is 8.99. The molecular weight excluding hydrogens is 398 g/mol. The fraction of sp³-hybridized carbons (Fsp3) is 0.391. The second kappa shape index (κ2) is 10.8. The van der Waals surface area contributed by atoms with Crippen molar-refractivity contribution >= 4 is 21.6 Å². The van der Waals surface area contributed by atoms with E-state index in [1.807, 2.05) is 19.1 Å². The Morgan fingerprint density at radius 2 is 1.87 bits per heavy atom. The van der Waals surface area contributed by atoms with Gasteiger partial charge in [0.05, 0.1) is 16.9 Å². The molecule has 0 heterocycles. The number of benzene rings is 2. The zero-order chi connectivity index (χ0) is 22.1. The van der Waals surface area contributed by atoms with E-state index in [0.29, 0.717) is 18.8 Å². The lowest BCUT2D eigenvalue weighted by molar-refractivity contribution is 0.0752. The Kier molecular flexibility index (Phi) is 8.43. The number of carbonyl (C=O) groups excluding carboxylic acids is 1. The highest BCUT2D eigenvalue weighted by Gasteiger charge is 2.20. The molecule has 1 amide bonds. The van der Waals surface area contributed by atoms with Crippen LogP contribution in [0.2, 0.25) is 0 Å². The van der Waals surface area contributed by atoms with Crippen molar-refractivity contribution in [3.05, 3.63) is 59.7 Å². The first kappa shape index (κ1) is 23.4. The van der Waals surface area contributed by atoms with Crippen LogP contribution in [0.5, 0.6) is 0 Å². The molecule has 0 aromatic heterocycles. The maximum Gasteiger partial charge on any atom is 0.261 e. The van der Waals surface area contributed by atoms with Gasteiger partial charge in [-0.3, -0.25) is 9.52 Å². The van der Waals surface area contributed by atoms with Crippen LogP contribution >= 0.6 is 0 Å². The van der Waals surface area contributed by atoms with E-state index in [4.69, 9.17) is 5.26 Å². The molecule has 0 aliphatic carbocycles. The van der Waals surface area contributed by atoms with Gasteiger partial charge in [0.15, 0.2) is 0 Å². The number of anilines is 1. The molecule has 1 atom stereocenters. The Morgan fingerprint density at radius 1 is 1.17 bits per heavy atom. The average molecular weight is 428 g/mol. The van der Waals surface area contributed by atoms with Crippen LogP contribution < -0.4 is 4.72 Å². The van der Waals surface area contributed by atoms with E-state index in [1.165, 1.54) is 17.7 Å². The molecule has 0 bridgehead atoms. The predicted molar refractivity (Wildman–Crippen MR) is 119 cm³/mol. The number of aryl methyl sites for hydroxylation is 1. The maximum atomic E-state index is 12.8. The summed E-state index contributed by atoms with van der Waals surface area (Å²) in [5.41, 5.74) is 1.92. The SMILES string of the molecule is CCCCc1ccc(NS(=O)(=O)c2cccc(C(=O)N(CC)CC(C)C#N)c2)cc1. The second-order valence-electron chi connectivity index (χ2n) is 7.31. The van der Waals surface area contributed by atoms with Gasteiger partial charge in [0.2, 0.25) is 0 Å². The normalized spacial score (nSPS) is 12.1. The highest BCUT2D eigenvalue weighted by molar-refractivity contribution is 7.92. The summed E-state index contributed by atoms with van der Waals surface area (Å²) in [7, 11) is -3.83. The minimum absolute atomic E-state index is 0.0211. The summed E-state index contributed by atoms with van der Waals surface area (Å²) in [4.78, 5) is 14.4. The molecule has 2 aromatic rings. The molecular formula is C23H29N3O3S. The lowest BCUT2D eigenvalue weighted by Crippen LogP contribution is -2.34. The highest BCUT2D eigenvalue weighted by atomic mass is 32.2. The van der Waals surface area contributed by atoms with Crippen molar-refractivity contribution in [2.24, 2.45) is 5.92 Å². The Balaban J connectivity index is 2.19. The number of hydrogen-bond donors (Lipinski definition) is 1. The van der Waals surface area contributed by atoms with E-state index in [0.717, 1.165) is 19.3 Å². The van der Waals surface area contributed by atoms with Crippen molar-refractivity contribution in [2.75, 3.05) is 17.8 Å². The fourth-order valence-corrected chi connectivity index (χ4v) is 4.14. The molecule has 0 radical (unpaired) electrons. The third-order valence-electron chi connectivity index (χ3n) is 4.80. The number of carbonyl (C=O) groups is 1. The van der Waals surface area contributed by atoms with E-state index >= 15 is 0 Å². The van der Waals surface area contributed by atoms with Gasteiger partial charge in [-0.05, 0) is 62.6 Å². The van der Waals surface area contributed by atoms with Crippen molar-refractivity contribution in [3.63, 3.8) is 0 Å². The Bertz CT molecular complexity index is 995. The lowest BCUT2D eigenvalue weighted by Gasteiger charge is -2.22. The van der Waals surface area contributed by atoms with Gasteiger partial charge in [-0.25, -0.2) is 8.42 Å². The molecule has 160 valence electrons. The molecule has 0 fully saturated rings. The van der Waals surface area contributed by atoms with Crippen LogP contribution in [-0.2, 0) is 16.4 Å². The zero-order valence-electron chi connectivity index (χ0n) is 17.8. The van der Waals surface area contributed by atoms with E-state index in [-0.39, 0.29) is 22.3 Å². The number of amides is 1. The largest absolute Gasteiger partial charge is 0.338 e. The molecule has 2 aromatic carbocycles. The summed E-state index contributed by atoms with van der Waals surface area (Å²) in [6.07, 6.45) is 3.16. The van der Waals surface area contributed by atoms with Crippen molar-refractivity contribution in [1.82, 2.24) is 4.90 Å². The first-order chi connectivity index (χ1) is 14.3. The zero-order valence-corrected chi connectivity index (χ0v) is 18.6. The van der Waals surface area contributed by atoms with E-state index in [1.54, 1.807) is 36.1 Å². The first-order valence-electron chi connectivity index (χ1n) is 10.2.